The number of carbonyl (C=O) groups excluding carboxylic acids is 1. The van der Waals surface area contributed by atoms with Crippen molar-refractivity contribution in [3.8, 4) is 0 Å². The summed E-state index contributed by atoms with van der Waals surface area (Å²) in [4.78, 5) is 11.2. The van der Waals surface area contributed by atoms with E-state index >= 15 is 0 Å². The standard InChI is InChI=1S/C10H20O4/c1-5-13-10(8(3)12)9(4)14-6-7(2)11/h7,9-11H,5-6H2,1-4H3. The molecule has 14 heavy (non-hydrogen) atoms. The highest BCUT2D eigenvalue weighted by atomic mass is 16.5. The molecule has 0 saturated carbocycles. The molecule has 0 aromatic carbocycles. The first-order valence-electron chi connectivity index (χ1n) is 4.90. The van der Waals surface area contributed by atoms with E-state index in [9.17, 15) is 4.79 Å². The average Bonchev–Trinajstić information content (AvgIpc) is 2.09. The van der Waals surface area contributed by atoms with Crippen molar-refractivity contribution in [2.24, 2.45) is 0 Å². The highest BCUT2D eigenvalue weighted by Crippen LogP contribution is 2.06. The number of hydrogen-bond donors (Lipinski definition) is 1. The predicted molar refractivity (Wildman–Crippen MR) is 53.2 cm³/mol. The molecule has 0 saturated heterocycles. The largest absolute Gasteiger partial charge is 0.391 e. The van der Waals surface area contributed by atoms with Gasteiger partial charge in [-0.2, -0.15) is 0 Å². The Kier molecular flexibility index (Phi) is 6.70. The van der Waals surface area contributed by atoms with E-state index < -0.39 is 12.2 Å². The molecule has 0 aliphatic carbocycles. The molecule has 0 aliphatic rings. The Morgan fingerprint density at radius 3 is 2.29 bits per heavy atom. The molecule has 0 fully saturated rings. The molecular formula is C10H20O4. The minimum absolute atomic E-state index is 0.0510. The summed E-state index contributed by atoms with van der Waals surface area (Å²) in [5.74, 6) is -0.0510. The number of Topliss-reactive ketones (excluding diaryl/α,β-unsaturated/α-hetero) is 1. The van der Waals surface area contributed by atoms with Crippen LogP contribution >= 0.6 is 0 Å². The Balaban J connectivity index is 4.01. The molecule has 0 rings (SSSR count). The number of ether oxygens (including phenoxy) is 2. The van der Waals surface area contributed by atoms with Gasteiger partial charge in [0.15, 0.2) is 5.78 Å². The summed E-state index contributed by atoms with van der Waals surface area (Å²) in [5, 5.41) is 9.00. The molecule has 0 aromatic rings. The van der Waals surface area contributed by atoms with Crippen molar-refractivity contribution in [1.29, 1.82) is 0 Å². The second-order valence-electron chi connectivity index (χ2n) is 3.37. The van der Waals surface area contributed by atoms with Crippen LogP contribution in [0.5, 0.6) is 0 Å². The van der Waals surface area contributed by atoms with Crippen LogP contribution in [0.1, 0.15) is 27.7 Å². The Bertz CT molecular complexity index is 168. The van der Waals surface area contributed by atoms with Crippen LogP contribution in [0, 0.1) is 0 Å². The van der Waals surface area contributed by atoms with E-state index in [0.29, 0.717) is 6.61 Å². The van der Waals surface area contributed by atoms with Crippen LogP contribution < -0.4 is 0 Å². The molecule has 0 aromatic heterocycles. The van der Waals surface area contributed by atoms with Crippen LogP contribution in [-0.4, -0.2) is 42.4 Å². The van der Waals surface area contributed by atoms with Gasteiger partial charge in [0, 0.05) is 6.61 Å². The summed E-state index contributed by atoms with van der Waals surface area (Å²) in [5.41, 5.74) is 0. The van der Waals surface area contributed by atoms with Crippen LogP contribution in [0.2, 0.25) is 0 Å². The summed E-state index contributed by atoms with van der Waals surface area (Å²) in [7, 11) is 0. The van der Waals surface area contributed by atoms with Crippen LogP contribution in [0.25, 0.3) is 0 Å². The molecule has 0 bridgehead atoms. The molecule has 0 heterocycles. The number of carbonyl (C=O) groups is 1. The minimum Gasteiger partial charge on any atom is -0.391 e. The monoisotopic (exact) mass is 204 g/mol. The average molecular weight is 204 g/mol. The molecule has 0 radical (unpaired) electrons. The lowest BCUT2D eigenvalue weighted by molar-refractivity contribution is -0.140. The summed E-state index contributed by atoms with van der Waals surface area (Å²) in [6.45, 7) is 7.41. The van der Waals surface area contributed by atoms with Crippen molar-refractivity contribution >= 4 is 5.78 Å². The quantitative estimate of drug-likeness (QED) is 0.665. The number of aliphatic hydroxyl groups is 1. The fourth-order valence-electron chi connectivity index (χ4n) is 1.14. The van der Waals surface area contributed by atoms with Gasteiger partial charge >= 0.3 is 0 Å². The summed E-state index contributed by atoms with van der Waals surface area (Å²) in [6, 6.07) is 0. The maximum absolute atomic E-state index is 11.2. The Labute approximate surface area is 85.2 Å². The van der Waals surface area contributed by atoms with Crippen LogP contribution in [0.15, 0.2) is 0 Å². The minimum atomic E-state index is -0.529. The first kappa shape index (κ1) is 13.5. The molecule has 1 N–H and O–H groups in total. The highest BCUT2D eigenvalue weighted by molar-refractivity contribution is 5.81. The van der Waals surface area contributed by atoms with Gasteiger partial charge in [-0.15, -0.1) is 0 Å². The third-order valence-electron chi connectivity index (χ3n) is 1.77. The number of hydrogen-bond acceptors (Lipinski definition) is 4. The lowest BCUT2D eigenvalue weighted by Crippen LogP contribution is -2.36. The van der Waals surface area contributed by atoms with E-state index in [1.54, 1.807) is 13.8 Å². The number of rotatable bonds is 7. The lowest BCUT2D eigenvalue weighted by atomic mass is 10.1. The third-order valence-corrected chi connectivity index (χ3v) is 1.77. The molecule has 0 aliphatic heterocycles. The summed E-state index contributed by atoms with van der Waals surface area (Å²) >= 11 is 0. The van der Waals surface area contributed by atoms with Gasteiger partial charge in [0.25, 0.3) is 0 Å². The normalized spacial score (nSPS) is 17.5. The van der Waals surface area contributed by atoms with Crippen LogP contribution in [0.3, 0.4) is 0 Å². The molecular weight excluding hydrogens is 184 g/mol. The predicted octanol–water partition coefficient (Wildman–Crippen LogP) is 0.766. The fourth-order valence-corrected chi connectivity index (χ4v) is 1.14. The van der Waals surface area contributed by atoms with E-state index in [1.807, 2.05) is 6.92 Å². The van der Waals surface area contributed by atoms with E-state index in [4.69, 9.17) is 14.6 Å². The zero-order chi connectivity index (χ0) is 11.1. The van der Waals surface area contributed by atoms with Gasteiger partial charge in [-0.1, -0.05) is 0 Å². The highest BCUT2D eigenvalue weighted by Gasteiger charge is 2.22. The molecule has 84 valence electrons. The Hall–Kier alpha value is -0.450. The van der Waals surface area contributed by atoms with Crippen molar-refractivity contribution in [2.75, 3.05) is 13.2 Å². The molecule has 0 spiro atoms. The topological polar surface area (TPSA) is 55.8 Å². The first-order chi connectivity index (χ1) is 6.49. The lowest BCUT2D eigenvalue weighted by Gasteiger charge is -2.22. The van der Waals surface area contributed by atoms with E-state index in [0.717, 1.165) is 0 Å². The van der Waals surface area contributed by atoms with Crippen molar-refractivity contribution in [1.82, 2.24) is 0 Å². The molecule has 3 unspecified atom stereocenters. The Morgan fingerprint density at radius 1 is 1.36 bits per heavy atom. The maximum atomic E-state index is 11.2. The van der Waals surface area contributed by atoms with Crippen molar-refractivity contribution in [3.63, 3.8) is 0 Å². The fraction of sp³-hybridized carbons (Fsp3) is 0.900. The van der Waals surface area contributed by atoms with Crippen molar-refractivity contribution < 1.29 is 19.4 Å². The second-order valence-corrected chi connectivity index (χ2v) is 3.37. The number of aliphatic hydroxyl groups excluding tert-OH is 1. The van der Waals surface area contributed by atoms with Gasteiger partial charge in [0.05, 0.1) is 18.8 Å². The molecule has 3 atom stereocenters. The van der Waals surface area contributed by atoms with E-state index in [-0.39, 0.29) is 18.5 Å². The van der Waals surface area contributed by atoms with Crippen molar-refractivity contribution in [3.05, 3.63) is 0 Å². The Morgan fingerprint density at radius 2 is 1.93 bits per heavy atom. The van der Waals surface area contributed by atoms with Gasteiger partial charge in [0.1, 0.15) is 6.10 Å². The van der Waals surface area contributed by atoms with Gasteiger partial charge in [-0.05, 0) is 27.7 Å². The SMILES string of the molecule is CCOC(C(C)=O)C(C)OCC(C)O. The smallest absolute Gasteiger partial charge is 0.161 e. The van der Waals surface area contributed by atoms with Gasteiger partial charge in [-0.3, -0.25) is 4.79 Å². The van der Waals surface area contributed by atoms with Crippen molar-refractivity contribution in [2.45, 2.75) is 46.0 Å². The van der Waals surface area contributed by atoms with E-state index in [2.05, 4.69) is 0 Å². The van der Waals surface area contributed by atoms with Crippen LogP contribution in [0.4, 0.5) is 0 Å². The number of ketones is 1. The maximum Gasteiger partial charge on any atom is 0.161 e. The zero-order valence-corrected chi connectivity index (χ0v) is 9.32. The van der Waals surface area contributed by atoms with Gasteiger partial charge in [-0.25, -0.2) is 0 Å². The molecule has 4 nitrogen and oxygen atoms in total. The molecule has 4 heteroatoms. The third kappa shape index (κ3) is 5.32. The van der Waals surface area contributed by atoms with Gasteiger partial charge < -0.3 is 14.6 Å². The summed E-state index contributed by atoms with van der Waals surface area (Å²) < 4.78 is 10.5. The van der Waals surface area contributed by atoms with Gasteiger partial charge in [0.2, 0.25) is 0 Å². The second kappa shape index (κ2) is 6.92. The zero-order valence-electron chi connectivity index (χ0n) is 9.32. The van der Waals surface area contributed by atoms with E-state index in [1.165, 1.54) is 6.92 Å². The van der Waals surface area contributed by atoms with Crippen LogP contribution in [-0.2, 0) is 14.3 Å². The summed E-state index contributed by atoms with van der Waals surface area (Å²) in [6.07, 6.45) is -1.37. The first-order valence-corrected chi connectivity index (χ1v) is 4.90. The molecule has 0 amide bonds.